The second-order valence-corrected chi connectivity index (χ2v) is 14.3. The van der Waals surface area contributed by atoms with E-state index in [1.54, 1.807) is 36.4 Å². The number of hydrogen-bond donors (Lipinski definition) is 1. The number of amides is 2. The molecule has 4 aromatic rings. The minimum Gasteiger partial charge on any atom is -0.497 e. The molecule has 0 aromatic heterocycles. The molecule has 46 heavy (non-hydrogen) atoms. The van der Waals surface area contributed by atoms with Crippen LogP contribution in [0.2, 0.25) is 0 Å². The fourth-order valence-electron chi connectivity index (χ4n) is 5.13. The fourth-order valence-corrected chi connectivity index (χ4v) is 6.54. The third-order valence-corrected chi connectivity index (χ3v) is 9.24. The van der Waals surface area contributed by atoms with Crippen LogP contribution in [-0.4, -0.2) is 50.4 Å². The number of nitrogens with zero attached hydrogens (tertiary/aromatic N) is 2. The average Bonchev–Trinajstić information content (AvgIpc) is 3.01. The van der Waals surface area contributed by atoms with Crippen molar-refractivity contribution in [2.24, 2.45) is 0 Å². The molecule has 0 saturated carbocycles. The maximum atomic E-state index is 14.6. The van der Waals surface area contributed by atoms with Crippen LogP contribution in [-0.2, 0) is 32.6 Å². The van der Waals surface area contributed by atoms with Gasteiger partial charge in [0.05, 0.1) is 17.7 Å². The third kappa shape index (κ3) is 8.97. The fraction of sp³-hybridized carbons (Fsp3) is 0.297. The van der Waals surface area contributed by atoms with Crippen molar-refractivity contribution in [2.75, 3.05) is 18.0 Å². The van der Waals surface area contributed by atoms with Crippen LogP contribution in [0.15, 0.2) is 108 Å². The Labute approximate surface area is 273 Å². The van der Waals surface area contributed by atoms with E-state index in [0.29, 0.717) is 11.4 Å². The standard InChI is InChI=1S/C37H43N3O5S/c1-27-15-17-31(18-16-27)40(46(43,44)33-21-19-32(45-6)20-22-33)26-35(41)39(25-30-14-10-11-28(2)23-30)34(36(42)38-37(3,4)5)24-29-12-8-7-9-13-29/h7-23,34H,24-26H2,1-6H3,(H,38,42)/t34-/m1/s1. The van der Waals surface area contributed by atoms with E-state index in [2.05, 4.69) is 5.32 Å². The lowest BCUT2D eigenvalue weighted by molar-refractivity contribution is -0.140. The zero-order valence-corrected chi connectivity index (χ0v) is 28.2. The van der Waals surface area contributed by atoms with Crippen molar-refractivity contribution in [3.05, 3.63) is 125 Å². The first kappa shape index (κ1) is 34.2. The first-order chi connectivity index (χ1) is 21.8. The molecule has 0 aliphatic rings. The number of benzene rings is 4. The van der Waals surface area contributed by atoms with Crippen LogP contribution >= 0.6 is 0 Å². The largest absolute Gasteiger partial charge is 0.497 e. The molecule has 4 aromatic carbocycles. The highest BCUT2D eigenvalue weighted by atomic mass is 32.2. The smallest absolute Gasteiger partial charge is 0.264 e. The van der Waals surface area contributed by atoms with Crippen molar-refractivity contribution in [1.82, 2.24) is 10.2 Å². The molecule has 9 heteroatoms. The summed E-state index contributed by atoms with van der Waals surface area (Å²) < 4.78 is 34.7. The minimum absolute atomic E-state index is 0.0122. The summed E-state index contributed by atoms with van der Waals surface area (Å²) in [5, 5.41) is 3.05. The van der Waals surface area contributed by atoms with Crippen LogP contribution in [0.4, 0.5) is 5.69 Å². The summed E-state index contributed by atoms with van der Waals surface area (Å²) in [7, 11) is -2.70. The van der Waals surface area contributed by atoms with E-state index < -0.39 is 34.1 Å². The highest BCUT2D eigenvalue weighted by molar-refractivity contribution is 7.92. The van der Waals surface area contributed by atoms with Gasteiger partial charge in [0, 0.05) is 18.5 Å². The van der Waals surface area contributed by atoms with E-state index in [9.17, 15) is 18.0 Å². The van der Waals surface area contributed by atoms with Gasteiger partial charge in [-0.3, -0.25) is 13.9 Å². The number of nitrogens with one attached hydrogen (secondary N) is 1. The molecule has 4 rings (SSSR count). The Hall–Kier alpha value is -4.63. The predicted molar refractivity (Wildman–Crippen MR) is 182 cm³/mol. The SMILES string of the molecule is COc1ccc(S(=O)(=O)N(CC(=O)N(Cc2cccc(C)c2)[C@H](Cc2ccccc2)C(=O)NC(C)(C)C)c2ccc(C)cc2)cc1. The van der Waals surface area contributed by atoms with Crippen LogP contribution in [0.1, 0.15) is 43.0 Å². The first-order valence-electron chi connectivity index (χ1n) is 15.2. The van der Waals surface area contributed by atoms with Crippen LogP contribution < -0.4 is 14.4 Å². The van der Waals surface area contributed by atoms with Gasteiger partial charge in [-0.1, -0.05) is 77.9 Å². The molecule has 0 bridgehead atoms. The first-order valence-corrected chi connectivity index (χ1v) is 16.7. The highest BCUT2D eigenvalue weighted by Gasteiger charge is 2.35. The summed E-state index contributed by atoms with van der Waals surface area (Å²) >= 11 is 0. The van der Waals surface area contributed by atoms with E-state index >= 15 is 0 Å². The molecule has 0 radical (unpaired) electrons. The summed E-state index contributed by atoms with van der Waals surface area (Å²) in [5.41, 5.74) is 3.43. The molecule has 0 saturated heterocycles. The Morgan fingerprint density at radius 3 is 2.02 bits per heavy atom. The van der Waals surface area contributed by atoms with Gasteiger partial charge in [0.1, 0.15) is 18.3 Å². The van der Waals surface area contributed by atoms with Gasteiger partial charge in [0.2, 0.25) is 11.8 Å². The van der Waals surface area contributed by atoms with Crippen LogP contribution in [0, 0.1) is 13.8 Å². The molecular weight excluding hydrogens is 598 g/mol. The van der Waals surface area contributed by atoms with Gasteiger partial charge in [0.15, 0.2) is 0 Å². The molecule has 8 nitrogen and oxygen atoms in total. The van der Waals surface area contributed by atoms with Crippen LogP contribution in [0.25, 0.3) is 0 Å². The number of methoxy groups -OCH3 is 1. The van der Waals surface area contributed by atoms with E-state index in [0.717, 1.165) is 26.6 Å². The maximum Gasteiger partial charge on any atom is 0.264 e. The average molecular weight is 642 g/mol. The van der Waals surface area contributed by atoms with Crippen LogP contribution in [0.5, 0.6) is 5.75 Å². The number of ether oxygens (including phenoxy) is 1. The molecule has 0 aliphatic heterocycles. The van der Waals surface area contributed by atoms with Crippen molar-refractivity contribution in [3.8, 4) is 5.75 Å². The topological polar surface area (TPSA) is 96.0 Å². The van der Waals surface area contributed by atoms with Crippen molar-refractivity contribution in [3.63, 3.8) is 0 Å². The molecule has 0 heterocycles. The molecule has 0 unspecified atom stereocenters. The lowest BCUT2D eigenvalue weighted by atomic mass is 10.0. The second kappa shape index (κ2) is 14.6. The van der Waals surface area contributed by atoms with Gasteiger partial charge >= 0.3 is 0 Å². The summed E-state index contributed by atoms with van der Waals surface area (Å²) in [6, 6.07) is 29.3. The molecule has 2 amide bonds. The third-order valence-electron chi connectivity index (χ3n) is 7.45. The van der Waals surface area contributed by atoms with E-state index in [-0.39, 0.29) is 23.8 Å². The molecule has 0 fully saturated rings. The van der Waals surface area contributed by atoms with Gasteiger partial charge in [-0.05, 0) is 82.1 Å². The Bertz CT molecular complexity index is 1730. The number of hydrogen-bond acceptors (Lipinski definition) is 5. The second-order valence-electron chi connectivity index (χ2n) is 12.5. The number of carbonyl (C=O) groups is 2. The molecule has 1 N–H and O–H groups in total. The normalized spacial score (nSPS) is 12.2. The highest BCUT2D eigenvalue weighted by Crippen LogP contribution is 2.27. The number of anilines is 1. The van der Waals surface area contributed by atoms with Crippen molar-refractivity contribution in [1.29, 1.82) is 0 Å². The summed E-state index contributed by atoms with van der Waals surface area (Å²) in [6.45, 7) is 9.12. The van der Waals surface area contributed by atoms with Gasteiger partial charge in [0.25, 0.3) is 10.0 Å². The predicted octanol–water partition coefficient (Wildman–Crippen LogP) is 6.06. The van der Waals surface area contributed by atoms with E-state index in [1.165, 1.54) is 24.1 Å². The molecular formula is C37H43N3O5S. The molecule has 1 atom stereocenters. The van der Waals surface area contributed by atoms with Crippen molar-refractivity contribution in [2.45, 2.75) is 64.1 Å². The zero-order valence-electron chi connectivity index (χ0n) is 27.4. The van der Waals surface area contributed by atoms with Gasteiger partial charge < -0.3 is 15.0 Å². The van der Waals surface area contributed by atoms with Gasteiger partial charge in [-0.2, -0.15) is 0 Å². The number of sulfonamides is 1. The number of carbonyl (C=O) groups excluding carboxylic acids is 2. The summed E-state index contributed by atoms with van der Waals surface area (Å²) in [5.74, 6) is -0.323. The van der Waals surface area contributed by atoms with E-state index in [1.807, 2.05) is 89.2 Å². The minimum atomic E-state index is -4.20. The van der Waals surface area contributed by atoms with Crippen LogP contribution in [0.3, 0.4) is 0 Å². The van der Waals surface area contributed by atoms with Crippen molar-refractivity contribution >= 4 is 27.5 Å². The molecule has 242 valence electrons. The van der Waals surface area contributed by atoms with Crippen molar-refractivity contribution < 1.29 is 22.7 Å². The Morgan fingerprint density at radius 1 is 0.804 bits per heavy atom. The van der Waals surface area contributed by atoms with Gasteiger partial charge in [-0.25, -0.2) is 8.42 Å². The Balaban J connectivity index is 1.81. The lowest BCUT2D eigenvalue weighted by Crippen LogP contribution is -2.56. The number of rotatable bonds is 12. The molecule has 0 aliphatic carbocycles. The summed E-state index contributed by atoms with van der Waals surface area (Å²) in [6.07, 6.45) is 0.246. The van der Waals surface area contributed by atoms with Gasteiger partial charge in [-0.15, -0.1) is 0 Å². The lowest BCUT2D eigenvalue weighted by Gasteiger charge is -2.35. The quantitative estimate of drug-likeness (QED) is 0.203. The van der Waals surface area contributed by atoms with E-state index in [4.69, 9.17) is 4.74 Å². The maximum absolute atomic E-state index is 14.6. The Morgan fingerprint density at radius 2 is 1.43 bits per heavy atom. The molecule has 0 spiro atoms. The summed E-state index contributed by atoms with van der Waals surface area (Å²) in [4.78, 5) is 30.1. The Kier molecular flexibility index (Phi) is 10.9. The number of aryl methyl sites for hydroxylation is 2. The monoisotopic (exact) mass is 641 g/mol. The zero-order chi connectivity index (χ0) is 33.5.